The van der Waals surface area contributed by atoms with Crippen LogP contribution < -0.4 is 0 Å². The van der Waals surface area contributed by atoms with Gasteiger partial charge in [0.05, 0.1) is 6.61 Å². The molecule has 0 N–H and O–H groups in total. The van der Waals surface area contributed by atoms with Crippen LogP contribution in [0.4, 0.5) is 0 Å². The van der Waals surface area contributed by atoms with Gasteiger partial charge < -0.3 is 4.74 Å². The maximum absolute atomic E-state index is 12.5. The zero-order valence-corrected chi connectivity index (χ0v) is 12.8. The van der Waals surface area contributed by atoms with Crippen molar-refractivity contribution in [1.82, 2.24) is 0 Å². The van der Waals surface area contributed by atoms with Gasteiger partial charge in [0, 0.05) is 5.56 Å². The molecule has 0 aliphatic rings. The van der Waals surface area contributed by atoms with Crippen LogP contribution in [-0.2, 0) is 11.3 Å². The summed E-state index contributed by atoms with van der Waals surface area (Å²) in [5, 5.41) is 0. The van der Waals surface area contributed by atoms with Gasteiger partial charge >= 0.3 is 0 Å². The molecule has 0 fully saturated rings. The summed E-state index contributed by atoms with van der Waals surface area (Å²) in [7, 11) is 0. The van der Waals surface area contributed by atoms with Crippen LogP contribution in [0, 0.1) is 0 Å². The highest BCUT2D eigenvalue weighted by Gasteiger charge is 2.12. The highest BCUT2D eigenvalue weighted by molar-refractivity contribution is 6.03. The Balaban J connectivity index is 1.70. The zero-order valence-electron chi connectivity index (χ0n) is 12.8. The van der Waals surface area contributed by atoms with E-state index in [9.17, 15) is 4.79 Å². The van der Waals surface area contributed by atoms with Crippen molar-refractivity contribution in [2.45, 2.75) is 6.61 Å². The van der Waals surface area contributed by atoms with Crippen LogP contribution in [0.2, 0.25) is 0 Å². The van der Waals surface area contributed by atoms with E-state index in [1.54, 1.807) is 0 Å². The van der Waals surface area contributed by atoms with Crippen molar-refractivity contribution in [1.29, 1.82) is 0 Å². The normalized spacial score (nSPS) is 10.4. The molecule has 23 heavy (non-hydrogen) atoms. The third-order valence-corrected chi connectivity index (χ3v) is 3.66. The van der Waals surface area contributed by atoms with Crippen LogP contribution in [0.25, 0.3) is 11.1 Å². The minimum absolute atomic E-state index is 0.000356. The van der Waals surface area contributed by atoms with Crippen LogP contribution in [0.3, 0.4) is 0 Å². The lowest BCUT2D eigenvalue weighted by Crippen LogP contribution is -2.10. The second-order valence-electron chi connectivity index (χ2n) is 5.31. The number of carbonyl (C=O) groups excluding carboxylic acids is 1. The zero-order chi connectivity index (χ0) is 15.9. The summed E-state index contributed by atoms with van der Waals surface area (Å²) in [6.07, 6.45) is 0. The smallest absolute Gasteiger partial charge is 0.189 e. The quantitative estimate of drug-likeness (QED) is 0.614. The lowest BCUT2D eigenvalue weighted by atomic mass is 9.97. The minimum atomic E-state index is 0.000356. The SMILES string of the molecule is O=C(COCc1ccccc1)c1ccccc1-c1ccccc1. The van der Waals surface area contributed by atoms with Gasteiger partial charge in [0.1, 0.15) is 6.61 Å². The van der Waals surface area contributed by atoms with Gasteiger partial charge in [-0.2, -0.15) is 0 Å². The van der Waals surface area contributed by atoms with Crippen molar-refractivity contribution in [3.05, 3.63) is 96.1 Å². The summed E-state index contributed by atoms with van der Waals surface area (Å²) >= 11 is 0. The molecule has 0 bridgehead atoms. The van der Waals surface area contributed by atoms with E-state index >= 15 is 0 Å². The number of hydrogen-bond acceptors (Lipinski definition) is 2. The van der Waals surface area contributed by atoms with Gasteiger partial charge in [-0.05, 0) is 16.7 Å². The Labute approximate surface area is 136 Å². The Morgan fingerprint density at radius 1 is 0.739 bits per heavy atom. The molecule has 2 nitrogen and oxygen atoms in total. The Hall–Kier alpha value is -2.71. The fourth-order valence-electron chi connectivity index (χ4n) is 2.51. The summed E-state index contributed by atoms with van der Waals surface area (Å²) in [5.74, 6) is 0.000356. The largest absolute Gasteiger partial charge is 0.369 e. The van der Waals surface area contributed by atoms with E-state index in [0.717, 1.165) is 16.7 Å². The predicted octanol–water partition coefficient (Wildman–Crippen LogP) is 4.75. The van der Waals surface area contributed by atoms with E-state index in [4.69, 9.17) is 4.74 Å². The number of carbonyl (C=O) groups is 1. The number of Topliss-reactive ketones (excluding diaryl/α,β-unsaturated/α-hetero) is 1. The monoisotopic (exact) mass is 302 g/mol. The molecule has 0 aliphatic carbocycles. The molecule has 0 aliphatic heterocycles. The summed E-state index contributed by atoms with van der Waals surface area (Å²) in [5.41, 5.74) is 3.75. The Morgan fingerprint density at radius 2 is 1.35 bits per heavy atom. The Kier molecular flexibility index (Phi) is 4.97. The third kappa shape index (κ3) is 3.93. The molecule has 0 heterocycles. The number of rotatable bonds is 6. The average Bonchev–Trinajstić information content (AvgIpc) is 2.63. The minimum Gasteiger partial charge on any atom is -0.369 e. The fourth-order valence-corrected chi connectivity index (χ4v) is 2.51. The maximum Gasteiger partial charge on any atom is 0.189 e. The molecule has 0 amide bonds. The summed E-state index contributed by atoms with van der Waals surface area (Å²) in [6, 6.07) is 27.5. The van der Waals surface area contributed by atoms with Gasteiger partial charge in [-0.1, -0.05) is 84.9 Å². The second-order valence-corrected chi connectivity index (χ2v) is 5.31. The van der Waals surface area contributed by atoms with E-state index in [1.165, 1.54) is 0 Å². The summed E-state index contributed by atoms with van der Waals surface area (Å²) in [6.45, 7) is 0.527. The molecule has 0 atom stereocenters. The van der Waals surface area contributed by atoms with E-state index < -0.39 is 0 Å². The number of ether oxygens (including phenoxy) is 1. The first kappa shape index (κ1) is 15.2. The van der Waals surface area contributed by atoms with Crippen molar-refractivity contribution in [2.75, 3.05) is 6.61 Å². The molecule has 114 valence electrons. The number of hydrogen-bond donors (Lipinski definition) is 0. The average molecular weight is 302 g/mol. The fraction of sp³-hybridized carbons (Fsp3) is 0.0952. The molecule has 0 unspecified atom stereocenters. The van der Waals surface area contributed by atoms with Crippen LogP contribution in [0.1, 0.15) is 15.9 Å². The predicted molar refractivity (Wildman–Crippen MR) is 92.3 cm³/mol. The second kappa shape index (κ2) is 7.52. The van der Waals surface area contributed by atoms with Crippen molar-refractivity contribution >= 4 is 5.78 Å². The van der Waals surface area contributed by atoms with E-state index in [2.05, 4.69) is 0 Å². The number of benzene rings is 3. The molecule has 0 saturated carbocycles. The van der Waals surface area contributed by atoms with Crippen LogP contribution in [-0.4, -0.2) is 12.4 Å². The van der Waals surface area contributed by atoms with Crippen LogP contribution in [0.5, 0.6) is 0 Å². The van der Waals surface area contributed by atoms with E-state index in [0.29, 0.717) is 12.2 Å². The van der Waals surface area contributed by atoms with Crippen molar-refractivity contribution in [3.63, 3.8) is 0 Å². The Morgan fingerprint density at radius 3 is 2.09 bits per heavy atom. The summed E-state index contributed by atoms with van der Waals surface area (Å²) < 4.78 is 5.58. The van der Waals surface area contributed by atoms with Gasteiger partial charge in [-0.25, -0.2) is 0 Å². The Bertz CT molecular complexity index is 764. The van der Waals surface area contributed by atoms with Gasteiger partial charge in [0.25, 0.3) is 0 Å². The standard InChI is InChI=1S/C21H18O2/c22-21(16-23-15-17-9-3-1-4-10-17)20-14-8-7-13-19(20)18-11-5-2-6-12-18/h1-14H,15-16H2. The molecule has 0 aromatic heterocycles. The molecule has 0 spiro atoms. The first-order valence-electron chi connectivity index (χ1n) is 7.64. The molecule has 3 aromatic carbocycles. The molecule has 2 heteroatoms. The molecule has 3 aromatic rings. The first-order chi connectivity index (χ1) is 11.3. The highest BCUT2D eigenvalue weighted by atomic mass is 16.5. The lowest BCUT2D eigenvalue weighted by Gasteiger charge is -2.09. The topological polar surface area (TPSA) is 26.3 Å². The van der Waals surface area contributed by atoms with Gasteiger partial charge in [0.2, 0.25) is 0 Å². The highest BCUT2D eigenvalue weighted by Crippen LogP contribution is 2.23. The molecule has 0 radical (unpaired) electrons. The molecular weight excluding hydrogens is 284 g/mol. The maximum atomic E-state index is 12.5. The van der Waals surface area contributed by atoms with E-state index in [1.807, 2.05) is 84.9 Å². The van der Waals surface area contributed by atoms with Crippen molar-refractivity contribution in [3.8, 4) is 11.1 Å². The molecule has 0 saturated heterocycles. The van der Waals surface area contributed by atoms with Gasteiger partial charge in [-0.15, -0.1) is 0 Å². The first-order valence-corrected chi connectivity index (χ1v) is 7.64. The lowest BCUT2D eigenvalue weighted by molar-refractivity contribution is 0.0727. The molecular formula is C21H18O2. The third-order valence-electron chi connectivity index (χ3n) is 3.66. The van der Waals surface area contributed by atoms with Gasteiger partial charge in [0.15, 0.2) is 5.78 Å². The summed E-state index contributed by atoms with van der Waals surface area (Å²) in [4.78, 5) is 12.5. The molecule has 3 rings (SSSR count). The number of ketones is 1. The van der Waals surface area contributed by atoms with Crippen molar-refractivity contribution < 1.29 is 9.53 Å². The van der Waals surface area contributed by atoms with E-state index in [-0.39, 0.29) is 12.4 Å². The van der Waals surface area contributed by atoms with Gasteiger partial charge in [-0.3, -0.25) is 4.79 Å². The van der Waals surface area contributed by atoms with Crippen LogP contribution >= 0.6 is 0 Å². The van der Waals surface area contributed by atoms with Crippen LogP contribution in [0.15, 0.2) is 84.9 Å². The van der Waals surface area contributed by atoms with Crippen molar-refractivity contribution in [2.24, 2.45) is 0 Å².